The van der Waals surface area contributed by atoms with E-state index in [1.807, 2.05) is 18.0 Å². The first-order chi connectivity index (χ1) is 8.99. The van der Waals surface area contributed by atoms with E-state index in [9.17, 15) is 4.79 Å². The highest BCUT2D eigenvalue weighted by Crippen LogP contribution is 2.31. The van der Waals surface area contributed by atoms with Crippen molar-refractivity contribution < 1.29 is 14.3 Å². The molecule has 1 aromatic carbocycles. The third kappa shape index (κ3) is 4.16. The molecule has 0 amide bonds. The first-order valence-electron chi connectivity index (χ1n) is 6.45. The molecule has 0 saturated carbocycles. The molecule has 0 fully saturated rings. The predicted octanol–water partition coefficient (Wildman–Crippen LogP) is 2.82. The van der Waals surface area contributed by atoms with Crippen molar-refractivity contribution in [3.63, 3.8) is 0 Å². The van der Waals surface area contributed by atoms with Gasteiger partial charge >= 0.3 is 5.97 Å². The van der Waals surface area contributed by atoms with Crippen molar-refractivity contribution in [3.05, 3.63) is 23.8 Å². The van der Waals surface area contributed by atoms with E-state index in [0.29, 0.717) is 18.9 Å². The van der Waals surface area contributed by atoms with Gasteiger partial charge in [-0.15, -0.1) is 0 Å². The van der Waals surface area contributed by atoms with E-state index < -0.39 is 0 Å². The minimum Gasteiger partial charge on any atom is -0.495 e. The molecular weight excluding hydrogens is 242 g/mol. The Morgan fingerprint density at radius 2 is 2.00 bits per heavy atom. The second-order valence-corrected chi connectivity index (χ2v) is 4.83. The van der Waals surface area contributed by atoms with E-state index in [2.05, 4.69) is 30.7 Å². The molecule has 4 nitrogen and oxygen atoms in total. The fraction of sp³-hybridized carbons (Fsp3) is 0.533. The number of anilines is 1. The van der Waals surface area contributed by atoms with E-state index in [4.69, 9.17) is 4.74 Å². The first-order valence-corrected chi connectivity index (χ1v) is 6.45. The summed E-state index contributed by atoms with van der Waals surface area (Å²) < 4.78 is 10.0. The van der Waals surface area contributed by atoms with Crippen molar-refractivity contribution >= 4 is 11.7 Å². The summed E-state index contributed by atoms with van der Waals surface area (Å²) in [6, 6.07) is 6.15. The molecule has 106 valence electrons. The summed E-state index contributed by atoms with van der Waals surface area (Å²) in [6.45, 7) is 4.91. The fourth-order valence-electron chi connectivity index (χ4n) is 1.85. The van der Waals surface area contributed by atoms with Crippen molar-refractivity contribution in [3.8, 4) is 5.75 Å². The SMILES string of the molecule is COC(=O)CCN(C)c1cc(C(C)C)ccc1OC. The Kier molecular flexibility index (Phi) is 5.67. The molecule has 0 aliphatic heterocycles. The number of nitrogens with zero attached hydrogens (tertiary/aromatic N) is 1. The lowest BCUT2D eigenvalue weighted by Crippen LogP contribution is -2.22. The van der Waals surface area contributed by atoms with Crippen LogP contribution in [0.15, 0.2) is 18.2 Å². The molecule has 0 aromatic heterocycles. The van der Waals surface area contributed by atoms with Crippen LogP contribution in [-0.4, -0.2) is 33.8 Å². The molecule has 1 aromatic rings. The lowest BCUT2D eigenvalue weighted by molar-refractivity contribution is -0.140. The third-order valence-corrected chi connectivity index (χ3v) is 3.16. The smallest absolute Gasteiger partial charge is 0.307 e. The lowest BCUT2D eigenvalue weighted by Gasteiger charge is -2.22. The van der Waals surface area contributed by atoms with Gasteiger partial charge < -0.3 is 14.4 Å². The largest absolute Gasteiger partial charge is 0.495 e. The highest BCUT2D eigenvalue weighted by molar-refractivity contribution is 5.70. The van der Waals surface area contributed by atoms with Crippen LogP contribution in [0.4, 0.5) is 5.69 Å². The molecule has 0 radical (unpaired) electrons. The van der Waals surface area contributed by atoms with Gasteiger partial charge in [-0.3, -0.25) is 4.79 Å². The topological polar surface area (TPSA) is 38.8 Å². The molecule has 0 atom stereocenters. The van der Waals surface area contributed by atoms with Gasteiger partial charge in [0.2, 0.25) is 0 Å². The Hall–Kier alpha value is -1.71. The molecule has 1 rings (SSSR count). The fourth-order valence-corrected chi connectivity index (χ4v) is 1.85. The summed E-state index contributed by atoms with van der Waals surface area (Å²) in [5.74, 6) is 1.07. The Labute approximate surface area is 115 Å². The predicted molar refractivity (Wildman–Crippen MR) is 77.0 cm³/mol. The summed E-state index contributed by atoms with van der Waals surface area (Å²) in [4.78, 5) is 13.2. The second kappa shape index (κ2) is 7.02. The van der Waals surface area contributed by atoms with Gasteiger partial charge in [-0.1, -0.05) is 19.9 Å². The van der Waals surface area contributed by atoms with Crippen LogP contribution in [0, 0.1) is 0 Å². The monoisotopic (exact) mass is 265 g/mol. The van der Waals surface area contributed by atoms with Gasteiger partial charge in [0.25, 0.3) is 0 Å². The number of esters is 1. The van der Waals surface area contributed by atoms with Crippen LogP contribution in [0.1, 0.15) is 31.7 Å². The summed E-state index contributed by atoms with van der Waals surface area (Å²) in [5, 5.41) is 0. The van der Waals surface area contributed by atoms with Crippen molar-refractivity contribution in [1.82, 2.24) is 0 Å². The van der Waals surface area contributed by atoms with Crippen LogP contribution in [0.25, 0.3) is 0 Å². The highest BCUT2D eigenvalue weighted by atomic mass is 16.5. The maximum atomic E-state index is 11.2. The van der Waals surface area contributed by atoms with Crippen LogP contribution < -0.4 is 9.64 Å². The summed E-state index contributed by atoms with van der Waals surface area (Å²) in [7, 11) is 5.01. The normalized spacial score (nSPS) is 10.4. The first kappa shape index (κ1) is 15.3. The van der Waals surface area contributed by atoms with E-state index >= 15 is 0 Å². The Morgan fingerprint density at radius 1 is 1.32 bits per heavy atom. The van der Waals surface area contributed by atoms with E-state index in [-0.39, 0.29) is 5.97 Å². The number of methoxy groups -OCH3 is 2. The molecular formula is C15H23NO3. The summed E-state index contributed by atoms with van der Waals surface area (Å²) in [6.07, 6.45) is 0.363. The second-order valence-electron chi connectivity index (χ2n) is 4.83. The minimum absolute atomic E-state index is 0.203. The lowest BCUT2D eigenvalue weighted by atomic mass is 10.0. The maximum absolute atomic E-state index is 11.2. The third-order valence-electron chi connectivity index (χ3n) is 3.16. The molecule has 0 aliphatic carbocycles. The van der Waals surface area contributed by atoms with Crippen LogP contribution in [0.5, 0.6) is 5.75 Å². The van der Waals surface area contributed by atoms with Gasteiger partial charge in [-0.25, -0.2) is 0 Å². The van der Waals surface area contributed by atoms with Crippen LogP contribution in [0.2, 0.25) is 0 Å². The maximum Gasteiger partial charge on any atom is 0.307 e. The highest BCUT2D eigenvalue weighted by Gasteiger charge is 2.12. The Balaban J connectivity index is 2.89. The van der Waals surface area contributed by atoms with Crippen molar-refractivity contribution in [2.24, 2.45) is 0 Å². The van der Waals surface area contributed by atoms with E-state index in [1.54, 1.807) is 7.11 Å². The molecule has 4 heteroatoms. The minimum atomic E-state index is -0.203. The quantitative estimate of drug-likeness (QED) is 0.741. The number of ether oxygens (including phenoxy) is 2. The number of benzene rings is 1. The number of hydrogen-bond donors (Lipinski definition) is 0. The van der Waals surface area contributed by atoms with Crippen molar-refractivity contribution in [2.45, 2.75) is 26.2 Å². The molecule has 0 heterocycles. The number of carbonyl (C=O) groups excluding carboxylic acids is 1. The average molecular weight is 265 g/mol. The van der Waals surface area contributed by atoms with E-state index in [0.717, 1.165) is 11.4 Å². The number of rotatable bonds is 6. The molecule has 0 unspecified atom stereocenters. The zero-order valence-electron chi connectivity index (χ0n) is 12.4. The van der Waals surface area contributed by atoms with Crippen LogP contribution >= 0.6 is 0 Å². The standard InChI is InChI=1S/C15H23NO3/c1-11(2)12-6-7-14(18-4)13(10-12)16(3)9-8-15(17)19-5/h6-7,10-11H,8-9H2,1-5H3. The Bertz CT molecular complexity index is 429. The summed E-state index contributed by atoms with van der Waals surface area (Å²) in [5.41, 5.74) is 2.25. The van der Waals surface area contributed by atoms with E-state index in [1.165, 1.54) is 12.7 Å². The zero-order chi connectivity index (χ0) is 14.4. The van der Waals surface area contributed by atoms with Crippen molar-refractivity contribution in [1.29, 1.82) is 0 Å². The van der Waals surface area contributed by atoms with Crippen molar-refractivity contribution in [2.75, 3.05) is 32.7 Å². The summed E-state index contributed by atoms with van der Waals surface area (Å²) >= 11 is 0. The van der Waals surface area contributed by atoms with Crippen LogP contribution in [0.3, 0.4) is 0 Å². The molecule has 0 spiro atoms. The molecule has 0 bridgehead atoms. The molecule has 0 aliphatic rings. The molecule has 0 N–H and O–H groups in total. The number of carbonyl (C=O) groups is 1. The van der Waals surface area contributed by atoms with Gasteiger partial charge in [-0.05, 0) is 23.6 Å². The number of hydrogen-bond acceptors (Lipinski definition) is 4. The zero-order valence-corrected chi connectivity index (χ0v) is 12.4. The van der Waals surface area contributed by atoms with Gasteiger partial charge in [0, 0.05) is 13.6 Å². The Morgan fingerprint density at radius 3 is 2.53 bits per heavy atom. The van der Waals surface area contributed by atoms with Crippen LogP contribution in [-0.2, 0) is 9.53 Å². The van der Waals surface area contributed by atoms with Gasteiger partial charge in [0.1, 0.15) is 5.75 Å². The molecule has 19 heavy (non-hydrogen) atoms. The van der Waals surface area contributed by atoms with Gasteiger partial charge in [-0.2, -0.15) is 0 Å². The van der Waals surface area contributed by atoms with Gasteiger partial charge in [0.05, 0.1) is 26.3 Å². The molecule has 0 saturated heterocycles. The average Bonchev–Trinajstić information content (AvgIpc) is 2.43. The van der Waals surface area contributed by atoms with Gasteiger partial charge in [0.15, 0.2) is 0 Å².